The molecule has 0 unspecified atom stereocenters. The number of aromatic nitrogens is 2. The monoisotopic (exact) mass is 270 g/mol. The van der Waals surface area contributed by atoms with Crippen LogP contribution in [0.1, 0.15) is 17.0 Å². The van der Waals surface area contributed by atoms with E-state index >= 15 is 0 Å². The van der Waals surface area contributed by atoms with Gasteiger partial charge in [0, 0.05) is 26.2 Å². The molecule has 0 saturated heterocycles. The normalized spacial score (nSPS) is 10.4. The lowest BCUT2D eigenvalue weighted by molar-refractivity contribution is 0.843. The van der Waals surface area contributed by atoms with Crippen molar-refractivity contribution < 1.29 is 0 Å². The molecule has 106 valence electrons. The molecule has 4 nitrogen and oxygen atoms in total. The van der Waals surface area contributed by atoms with E-state index in [4.69, 9.17) is 0 Å². The van der Waals surface area contributed by atoms with E-state index in [1.807, 2.05) is 20.0 Å². The van der Waals surface area contributed by atoms with Gasteiger partial charge in [-0.25, -0.2) is 9.97 Å². The minimum atomic E-state index is 0.793. The fraction of sp³-hybridized carbons (Fsp3) is 0.375. The van der Waals surface area contributed by atoms with E-state index in [1.165, 1.54) is 5.56 Å². The third kappa shape index (κ3) is 3.26. The Morgan fingerprint density at radius 3 is 2.45 bits per heavy atom. The maximum absolute atomic E-state index is 4.57. The van der Waals surface area contributed by atoms with Crippen molar-refractivity contribution in [3.8, 4) is 0 Å². The lowest BCUT2D eigenvalue weighted by atomic mass is 10.1. The molecule has 1 N–H and O–H groups in total. The Bertz CT molecular complexity index is 566. The number of benzene rings is 1. The number of anilines is 2. The van der Waals surface area contributed by atoms with Crippen molar-refractivity contribution in [2.24, 2.45) is 0 Å². The fourth-order valence-electron chi connectivity index (χ4n) is 2.28. The third-order valence-electron chi connectivity index (χ3n) is 3.41. The maximum Gasteiger partial charge on any atom is 0.137 e. The summed E-state index contributed by atoms with van der Waals surface area (Å²) in [7, 11) is 3.97. The minimum absolute atomic E-state index is 0.793. The van der Waals surface area contributed by atoms with Crippen LogP contribution in [0.25, 0.3) is 0 Å². The average Bonchev–Trinajstić information content (AvgIpc) is 2.47. The van der Waals surface area contributed by atoms with Crippen molar-refractivity contribution in [1.82, 2.24) is 9.97 Å². The zero-order valence-corrected chi connectivity index (χ0v) is 12.6. The second-order valence-electron chi connectivity index (χ2n) is 4.98. The summed E-state index contributed by atoms with van der Waals surface area (Å²) in [5.74, 6) is 2.69. The van der Waals surface area contributed by atoms with Crippen LogP contribution in [-0.2, 0) is 6.42 Å². The molecule has 0 radical (unpaired) electrons. The van der Waals surface area contributed by atoms with E-state index in [9.17, 15) is 0 Å². The molecule has 2 rings (SSSR count). The summed E-state index contributed by atoms with van der Waals surface area (Å²) >= 11 is 0. The molecule has 0 aliphatic carbocycles. The van der Waals surface area contributed by atoms with Crippen LogP contribution >= 0.6 is 0 Å². The van der Waals surface area contributed by atoms with Crippen molar-refractivity contribution in [1.29, 1.82) is 0 Å². The summed E-state index contributed by atoms with van der Waals surface area (Å²) in [6, 6.07) is 10.5. The number of nitrogens with zero attached hydrogens (tertiary/aromatic N) is 3. The van der Waals surface area contributed by atoms with Gasteiger partial charge in [-0.3, -0.25) is 0 Å². The molecule has 0 spiro atoms. The molecular formula is C16H22N4. The first-order valence-electron chi connectivity index (χ1n) is 6.90. The van der Waals surface area contributed by atoms with E-state index in [-0.39, 0.29) is 0 Å². The molecule has 1 heterocycles. The molecule has 0 aliphatic rings. The number of hydrogen-bond donors (Lipinski definition) is 1. The summed E-state index contributed by atoms with van der Waals surface area (Å²) < 4.78 is 0. The molecule has 0 aliphatic heterocycles. The standard InChI is InChI=1S/C16H22N4/c1-12-15(17-3)18-13(2)19-16(12)20(4)11-10-14-8-6-5-7-9-14/h5-9H,10-11H2,1-4H3,(H,17,18,19). The van der Waals surface area contributed by atoms with Gasteiger partial charge < -0.3 is 10.2 Å². The maximum atomic E-state index is 4.57. The van der Waals surface area contributed by atoms with Crippen LogP contribution in [-0.4, -0.2) is 30.6 Å². The Morgan fingerprint density at radius 1 is 1.10 bits per heavy atom. The van der Waals surface area contributed by atoms with Gasteiger partial charge in [-0.1, -0.05) is 30.3 Å². The first-order chi connectivity index (χ1) is 9.61. The Labute approximate surface area is 120 Å². The van der Waals surface area contributed by atoms with Gasteiger partial charge >= 0.3 is 0 Å². The molecule has 0 fully saturated rings. The smallest absolute Gasteiger partial charge is 0.137 e. The van der Waals surface area contributed by atoms with Gasteiger partial charge in [-0.05, 0) is 25.8 Å². The Kier molecular flexibility index (Phi) is 4.56. The predicted octanol–water partition coefficient (Wildman–Crippen LogP) is 2.81. The highest BCUT2D eigenvalue weighted by molar-refractivity contribution is 5.58. The van der Waals surface area contributed by atoms with Crippen LogP contribution in [0.4, 0.5) is 11.6 Å². The summed E-state index contributed by atoms with van der Waals surface area (Å²) in [4.78, 5) is 11.2. The van der Waals surface area contributed by atoms with Crippen molar-refractivity contribution in [3.05, 3.63) is 47.3 Å². The third-order valence-corrected chi connectivity index (χ3v) is 3.41. The van der Waals surface area contributed by atoms with Crippen LogP contribution in [0.3, 0.4) is 0 Å². The summed E-state index contributed by atoms with van der Waals surface area (Å²) in [5.41, 5.74) is 2.44. The van der Waals surface area contributed by atoms with E-state index in [2.05, 4.69) is 58.4 Å². The summed E-state index contributed by atoms with van der Waals surface area (Å²) in [6.07, 6.45) is 1.01. The molecule has 0 atom stereocenters. The number of likely N-dealkylation sites (N-methyl/N-ethyl adjacent to an activating group) is 1. The highest BCUT2D eigenvalue weighted by Gasteiger charge is 2.12. The van der Waals surface area contributed by atoms with Crippen molar-refractivity contribution in [3.63, 3.8) is 0 Å². The molecule has 1 aromatic carbocycles. The molecule has 2 aromatic rings. The Morgan fingerprint density at radius 2 is 1.80 bits per heavy atom. The molecule has 4 heteroatoms. The quantitative estimate of drug-likeness (QED) is 0.907. The highest BCUT2D eigenvalue weighted by atomic mass is 15.2. The summed E-state index contributed by atoms with van der Waals surface area (Å²) in [5, 5.41) is 3.13. The number of nitrogens with one attached hydrogen (secondary N) is 1. The lowest BCUT2D eigenvalue weighted by Crippen LogP contribution is -2.23. The number of rotatable bonds is 5. The van der Waals surface area contributed by atoms with Crippen LogP contribution in [0.5, 0.6) is 0 Å². The van der Waals surface area contributed by atoms with Crippen LogP contribution in [0, 0.1) is 13.8 Å². The Hall–Kier alpha value is -2.10. The molecule has 20 heavy (non-hydrogen) atoms. The molecule has 0 bridgehead atoms. The zero-order chi connectivity index (χ0) is 14.5. The molecule has 1 aromatic heterocycles. The first kappa shape index (κ1) is 14.3. The molecular weight excluding hydrogens is 248 g/mol. The van der Waals surface area contributed by atoms with Gasteiger partial charge in [0.05, 0.1) is 0 Å². The van der Waals surface area contributed by atoms with Gasteiger partial charge in [0.25, 0.3) is 0 Å². The second kappa shape index (κ2) is 6.37. The van der Waals surface area contributed by atoms with E-state index in [0.29, 0.717) is 0 Å². The first-order valence-corrected chi connectivity index (χ1v) is 6.90. The molecule has 0 amide bonds. The van der Waals surface area contributed by atoms with Gasteiger partial charge in [0.2, 0.25) is 0 Å². The van der Waals surface area contributed by atoms with Gasteiger partial charge in [0.15, 0.2) is 0 Å². The number of hydrogen-bond acceptors (Lipinski definition) is 4. The lowest BCUT2D eigenvalue weighted by Gasteiger charge is -2.21. The SMILES string of the molecule is CNc1nc(C)nc(N(C)CCc2ccccc2)c1C. The largest absolute Gasteiger partial charge is 0.373 e. The number of aryl methyl sites for hydroxylation is 1. The van der Waals surface area contributed by atoms with Crippen LogP contribution < -0.4 is 10.2 Å². The van der Waals surface area contributed by atoms with Crippen molar-refractivity contribution in [2.75, 3.05) is 30.9 Å². The molecule has 0 saturated carbocycles. The highest BCUT2D eigenvalue weighted by Crippen LogP contribution is 2.22. The van der Waals surface area contributed by atoms with Crippen LogP contribution in [0.2, 0.25) is 0 Å². The van der Waals surface area contributed by atoms with E-state index in [0.717, 1.165) is 36.0 Å². The minimum Gasteiger partial charge on any atom is -0.373 e. The van der Waals surface area contributed by atoms with Crippen molar-refractivity contribution >= 4 is 11.6 Å². The average molecular weight is 270 g/mol. The zero-order valence-electron chi connectivity index (χ0n) is 12.6. The second-order valence-corrected chi connectivity index (χ2v) is 4.98. The predicted molar refractivity (Wildman–Crippen MR) is 84.5 cm³/mol. The van der Waals surface area contributed by atoms with Gasteiger partial charge in [-0.2, -0.15) is 0 Å². The van der Waals surface area contributed by atoms with Gasteiger partial charge in [-0.15, -0.1) is 0 Å². The van der Waals surface area contributed by atoms with E-state index < -0.39 is 0 Å². The van der Waals surface area contributed by atoms with Crippen molar-refractivity contribution in [2.45, 2.75) is 20.3 Å². The Balaban J connectivity index is 2.13. The summed E-state index contributed by atoms with van der Waals surface area (Å²) in [6.45, 7) is 4.92. The topological polar surface area (TPSA) is 41.1 Å². The fourth-order valence-corrected chi connectivity index (χ4v) is 2.28. The van der Waals surface area contributed by atoms with Crippen LogP contribution in [0.15, 0.2) is 30.3 Å². The van der Waals surface area contributed by atoms with E-state index in [1.54, 1.807) is 0 Å². The van der Waals surface area contributed by atoms with Gasteiger partial charge in [0.1, 0.15) is 17.5 Å².